The van der Waals surface area contributed by atoms with Gasteiger partial charge in [0.25, 0.3) is 0 Å². The number of hydrogen-bond donors (Lipinski definition) is 0. The van der Waals surface area contributed by atoms with E-state index in [9.17, 15) is 0 Å². The van der Waals surface area contributed by atoms with Crippen molar-refractivity contribution in [2.45, 2.75) is 6.92 Å². The molecule has 1 heterocycles. The van der Waals surface area contributed by atoms with Gasteiger partial charge in [0.2, 0.25) is 12.2 Å². The SMILES string of the molecule is Cc1ccc(Cl)cc1-c1ncon1. The van der Waals surface area contributed by atoms with Gasteiger partial charge in [-0.05, 0) is 24.6 Å². The van der Waals surface area contributed by atoms with Crippen LogP contribution in [0.1, 0.15) is 5.56 Å². The quantitative estimate of drug-likeness (QED) is 0.701. The number of aryl methyl sites for hydroxylation is 1. The maximum absolute atomic E-state index is 5.85. The zero-order valence-electron chi connectivity index (χ0n) is 6.99. The Kier molecular flexibility index (Phi) is 2.02. The van der Waals surface area contributed by atoms with E-state index >= 15 is 0 Å². The number of benzene rings is 1. The Morgan fingerprint density at radius 1 is 1.38 bits per heavy atom. The predicted molar refractivity (Wildman–Crippen MR) is 49.5 cm³/mol. The molecule has 1 aromatic carbocycles. The molecule has 0 aliphatic rings. The highest BCUT2D eigenvalue weighted by Crippen LogP contribution is 2.23. The van der Waals surface area contributed by atoms with Crippen LogP contribution in [0.25, 0.3) is 11.4 Å². The van der Waals surface area contributed by atoms with Gasteiger partial charge in [-0.25, -0.2) is 0 Å². The van der Waals surface area contributed by atoms with Crippen molar-refractivity contribution in [3.63, 3.8) is 0 Å². The molecule has 0 spiro atoms. The summed E-state index contributed by atoms with van der Waals surface area (Å²) < 4.78 is 4.66. The first kappa shape index (κ1) is 8.26. The van der Waals surface area contributed by atoms with E-state index in [-0.39, 0.29) is 0 Å². The fraction of sp³-hybridized carbons (Fsp3) is 0.111. The van der Waals surface area contributed by atoms with Crippen LogP contribution in [-0.2, 0) is 0 Å². The zero-order chi connectivity index (χ0) is 9.26. The minimum absolute atomic E-state index is 0.569. The first-order valence-corrected chi connectivity index (χ1v) is 4.18. The summed E-state index contributed by atoms with van der Waals surface area (Å²) >= 11 is 5.85. The number of halogens is 1. The lowest BCUT2D eigenvalue weighted by molar-refractivity contribution is 0.418. The first-order chi connectivity index (χ1) is 6.27. The van der Waals surface area contributed by atoms with Crippen molar-refractivity contribution in [1.29, 1.82) is 0 Å². The number of rotatable bonds is 1. The Morgan fingerprint density at radius 3 is 2.92 bits per heavy atom. The molecule has 2 aromatic rings. The van der Waals surface area contributed by atoms with Crippen LogP contribution in [0.15, 0.2) is 29.1 Å². The molecule has 1 aromatic heterocycles. The summed E-state index contributed by atoms with van der Waals surface area (Å²) in [5, 5.41) is 4.42. The van der Waals surface area contributed by atoms with E-state index < -0.39 is 0 Å². The van der Waals surface area contributed by atoms with Gasteiger partial charge in [0, 0.05) is 10.6 Å². The lowest BCUT2D eigenvalue weighted by Gasteiger charge is -2.00. The van der Waals surface area contributed by atoms with Gasteiger partial charge in [-0.1, -0.05) is 22.8 Å². The molecule has 2 rings (SSSR count). The third kappa shape index (κ3) is 1.55. The molecule has 66 valence electrons. The van der Waals surface area contributed by atoms with Crippen LogP contribution < -0.4 is 0 Å². The molecular formula is C9H7ClN2O. The predicted octanol–water partition coefficient (Wildman–Crippen LogP) is 2.70. The van der Waals surface area contributed by atoms with E-state index in [2.05, 4.69) is 14.7 Å². The fourth-order valence-corrected chi connectivity index (χ4v) is 1.30. The fourth-order valence-electron chi connectivity index (χ4n) is 1.12. The maximum atomic E-state index is 5.85. The average molecular weight is 195 g/mol. The third-order valence-electron chi connectivity index (χ3n) is 1.80. The van der Waals surface area contributed by atoms with Gasteiger partial charge < -0.3 is 4.52 Å². The van der Waals surface area contributed by atoms with Crippen LogP contribution in [0, 0.1) is 6.92 Å². The van der Waals surface area contributed by atoms with Crippen LogP contribution in [0.4, 0.5) is 0 Å². The van der Waals surface area contributed by atoms with Crippen LogP contribution >= 0.6 is 11.6 Å². The highest BCUT2D eigenvalue weighted by atomic mass is 35.5. The second-order valence-corrected chi connectivity index (χ2v) is 3.15. The topological polar surface area (TPSA) is 38.9 Å². The summed E-state index contributed by atoms with van der Waals surface area (Å²) in [6.45, 7) is 1.97. The minimum atomic E-state index is 0.569. The summed E-state index contributed by atoms with van der Waals surface area (Å²) in [4.78, 5) is 3.95. The summed E-state index contributed by atoms with van der Waals surface area (Å²) in [6.07, 6.45) is 1.30. The Bertz CT molecular complexity index is 412. The molecule has 0 radical (unpaired) electrons. The molecule has 0 aliphatic heterocycles. The molecule has 0 N–H and O–H groups in total. The standard InChI is InChI=1S/C9H7ClN2O/c1-6-2-3-7(10)4-8(6)9-11-5-13-12-9/h2-5H,1H3. The maximum Gasteiger partial charge on any atom is 0.214 e. The number of nitrogens with zero attached hydrogens (tertiary/aromatic N) is 2. The van der Waals surface area contributed by atoms with E-state index in [0.717, 1.165) is 11.1 Å². The highest BCUT2D eigenvalue weighted by Gasteiger charge is 2.06. The number of aromatic nitrogens is 2. The summed E-state index contributed by atoms with van der Waals surface area (Å²) in [5.74, 6) is 0.569. The second kappa shape index (κ2) is 3.18. The zero-order valence-corrected chi connectivity index (χ0v) is 7.75. The van der Waals surface area contributed by atoms with Gasteiger partial charge in [-0.3, -0.25) is 0 Å². The largest absolute Gasteiger partial charge is 0.342 e. The highest BCUT2D eigenvalue weighted by molar-refractivity contribution is 6.30. The molecule has 0 fully saturated rings. The lowest BCUT2D eigenvalue weighted by atomic mass is 10.1. The Labute approximate surface area is 80.3 Å². The molecule has 3 nitrogen and oxygen atoms in total. The normalized spacial score (nSPS) is 10.3. The Morgan fingerprint density at radius 2 is 2.23 bits per heavy atom. The summed E-state index contributed by atoms with van der Waals surface area (Å²) in [6, 6.07) is 5.58. The van der Waals surface area contributed by atoms with Crippen molar-refractivity contribution in [3.05, 3.63) is 35.2 Å². The Balaban J connectivity index is 2.57. The molecule has 4 heteroatoms. The molecule has 0 unspecified atom stereocenters. The van der Waals surface area contributed by atoms with Crippen molar-refractivity contribution in [2.75, 3.05) is 0 Å². The van der Waals surface area contributed by atoms with Crippen LogP contribution in [-0.4, -0.2) is 10.1 Å². The van der Waals surface area contributed by atoms with Crippen molar-refractivity contribution in [2.24, 2.45) is 0 Å². The summed E-state index contributed by atoms with van der Waals surface area (Å²) in [7, 11) is 0. The average Bonchev–Trinajstić information content (AvgIpc) is 2.61. The van der Waals surface area contributed by atoms with E-state index in [4.69, 9.17) is 11.6 Å². The Hall–Kier alpha value is -1.35. The van der Waals surface area contributed by atoms with E-state index in [0.29, 0.717) is 10.8 Å². The molecular weight excluding hydrogens is 188 g/mol. The van der Waals surface area contributed by atoms with Crippen LogP contribution in [0.2, 0.25) is 5.02 Å². The molecule has 0 atom stereocenters. The van der Waals surface area contributed by atoms with Crippen LogP contribution in [0.5, 0.6) is 0 Å². The second-order valence-electron chi connectivity index (χ2n) is 2.71. The van der Waals surface area contributed by atoms with Gasteiger partial charge >= 0.3 is 0 Å². The van der Waals surface area contributed by atoms with Crippen molar-refractivity contribution < 1.29 is 4.52 Å². The van der Waals surface area contributed by atoms with Gasteiger partial charge in [-0.15, -0.1) is 0 Å². The van der Waals surface area contributed by atoms with E-state index in [1.165, 1.54) is 6.39 Å². The van der Waals surface area contributed by atoms with Gasteiger partial charge in [0.15, 0.2) is 0 Å². The molecule has 0 bridgehead atoms. The van der Waals surface area contributed by atoms with Crippen molar-refractivity contribution >= 4 is 11.6 Å². The first-order valence-electron chi connectivity index (χ1n) is 3.80. The van der Waals surface area contributed by atoms with Crippen molar-refractivity contribution in [3.8, 4) is 11.4 Å². The molecule has 13 heavy (non-hydrogen) atoms. The van der Waals surface area contributed by atoms with Crippen molar-refractivity contribution in [1.82, 2.24) is 10.1 Å². The van der Waals surface area contributed by atoms with E-state index in [1.807, 2.05) is 25.1 Å². The number of hydrogen-bond acceptors (Lipinski definition) is 3. The van der Waals surface area contributed by atoms with E-state index in [1.54, 1.807) is 0 Å². The summed E-state index contributed by atoms with van der Waals surface area (Å²) in [5.41, 5.74) is 1.98. The minimum Gasteiger partial charge on any atom is -0.342 e. The molecule has 0 saturated carbocycles. The third-order valence-corrected chi connectivity index (χ3v) is 2.04. The molecule has 0 saturated heterocycles. The van der Waals surface area contributed by atoms with Gasteiger partial charge in [0.05, 0.1) is 0 Å². The van der Waals surface area contributed by atoms with Crippen LogP contribution in [0.3, 0.4) is 0 Å². The smallest absolute Gasteiger partial charge is 0.214 e. The molecule has 0 aliphatic carbocycles. The van der Waals surface area contributed by atoms with Gasteiger partial charge in [-0.2, -0.15) is 4.98 Å². The monoisotopic (exact) mass is 194 g/mol. The van der Waals surface area contributed by atoms with Gasteiger partial charge in [0.1, 0.15) is 0 Å². The lowest BCUT2D eigenvalue weighted by Crippen LogP contribution is -1.84. The molecule has 0 amide bonds.